The topological polar surface area (TPSA) is 41.6 Å². The normalized spacial score (nSPS) is 12.0. The van der Waals surface area contributed by atoms with Crippen LogP contribution in [0.25, 0.3) is 22.3 Å². The van der Waals surface area contributed by atoms with E-state index in [9.17, 15) is 13.2 Å². The Labute approximate surface area is 118 Å². The van der Waals surface area contributed by atoms with Gasteiger partial charge in [-0.3, -0.25) is 0 Å². The highest BCUT2D eigenvalue weighted by Gasteiger charge is 2.26. The highest BCUT2D eigenvalue weighted by molar-refractivity contribution is 5.93. The second-order valence-corrected chi connectivity index (χ2v) is 4.73. The third-order valence-corrected chi connectivity index (χ3v) is 3.21. The average molecular weight is 291 g/mol. The number of H-pyrrole nitrogens is 1. The van der Waals surface area contributed by atoms with Gasteiger partial charge < -0.3 is 4.98 Å². The molecule has 0 atom stereocenters. The maximum atomic E-state index is 12.3. The molecule has 2 heterocycles. The zero-order valence-electron chi connectivity index (χ0n) is 11.0. The summed E-state index contributed by atoms with van der Waals surface area (Å²) in [7, 11) is 0. The lowest BCUT2D eigenvalue weighted by molar-refractivity contribution is -0.134. The molecule has 0 spiro atoms. The predicted molar refractivity (Wildman–Crippen MR) is 73.7 cm³/mol. The second-order valence-electron chi connectivity index (χ2n) is 4.73. The van der Waals surface area contributed by atoms with Crippen LogP contribution in [0.15, 0.2) is 42.7 Å². The van der Waals surface area contributed by atoms with Gasteiger partial charge in [0.25, 0.3) is 0 Å². The molecule has 3 nitrogen and oxygen atoms in total. The summed E-state index contributed by atoms with van der Waals surface area (Å²) in [5.41, 5.74) is 2.12. The van der Waals surface area contributed by atoms with Crippen molar-refractivity contribution in [3.63, 3.8) is 0 Å². The smallest absolute Gasteiger partial charge is 0.360 e. The van der Waals surface area contributed by atoms with Crippen LogP contribution in [-0.4, -0.2) is 21.1 Å². The molecule has 0 fully saturated rings. The van der Waals surface area contributed by atoms with E-state index in [2.05, 4.69) is 15.0 Å². The van der Waals surface area contributed by atoms with Crippen molar-refractivity contribution in [2.75, 3.05) is 0 Å². The number of halogens is 3. The lowest BCUT2D eigenvalue weighted by atomic mass is 10.1. The van der Waals surface area contributed by atoms with Gasteiger partial charge in [-0.1, -0.05) is 18.2 Å². The first-order chi connectivity index (χ1) is 10.0. The molecule has 2 aromatic heterocycles. The van der Waals surface area contributed by atoms with E-state index >= 15 is 0 Å². The lowest BCUT2D eigenvalue weighted by Crippen LogP contribution is -2.09. The molecule has 6 heteroatoms. The molecule has 1 aromatic carbocycles. The highest BCUT2D eigenvalue weighted by atomic mass is 19.4. The van der Waals surface area contributed by atoms with Crippen LogP contribution in [0.2, 0.25) is 0 Å². The highest BCUT2D eigenvalue weighted by Crippen LogP contribution is 2.26. The van der Waals surface area contributed by atoms with Crippen molar-refractivity contribution in [3.8, 4) is 11.4 Å². The minimum atomic E-state index is -4.17. The van der Waals surface area contributed by atoms with Gasteiger partial charge in [0.1, 0.15) is 0 Å². The number of hydrogen-bond donors (Lipinski definition) is 1. The molecule has 3 rings (SSSR count). The van der Waals surface area contributed by atoms with E-state index in [1.165, 1.54) is 12.3 Å². The number of fused-ring (bicyclic) bond motifs is 1. The number of alkyl halides is 3. The average Bonchev–Trinajstić information content (AvgIpc) is 2.89. The number of aromatic amines is 1. The molecule has 1 N–H and O–H groups in total. The van der Waals surface area contributed by atoms with Crippen LogP contribution >= 0.6 is 0 Å². The van der Waals surface area contributed by atoms with Gasteiger partial charge in [0.05, 0.1) is 0 Å². The monoisotopic (exact) mass is 291 g/mol. The Balaban J connectivity index is 1.92. The van der Waals surface area contributed by atoms with E-state index in [1.807, 2.05) is 24.3 Å². The summed E-state index contributed by atoms with van der Waals surface area (Å²) in [5.74, 6) is 0.437. The standard InChI is InChI=1S/C15H12F3N3/c16-15(17,18)7-5-10-6-8-19-14(21-10)12-9-20-13-4-2-1-3-11(12)13/h1-4,6,8-9,20H,5,7H2. The molecular weight excluding hydrogens is 279 g/mol. The Bertz CT molecular complexity index is 762. The summed E-state index contributed by atoms with van der Waals surface area (Å²) in [5, 5.41) is 0.950. The van der Waals surface area contributed by atoms with Gasteiger partial charge in [0.2, 0.25) is 0 Å². The number of nitrogens with zero attached hydrogens (tertiary/aromatic N) is 2. The number of aryl methyl sites for hydroxylation is 1. The Kier molecular flexibility index (Phi) is 3.37. The third kappa shape index (κ3) is 3.04. The number of hydrogen-bond acceptors (Lipinski definition) is 2. The van der Waals surface area contributed by atoms with Crippen LogP contribution in [-0.2, 0) is 6.42 Å². The number of benzene rings is 1. The summed E-state index contributed by atoms with van der Waals surface area (Å²) in [6.07, 6.45) is -1.92. The summed E-state index contributed by atoms with van der Waals surface area (Å²) < 4.78 is 36.8. The van der Waals surface area contributed by atoms with Gasteiger partial charge in [-0.05, 0) is 18.6 Å². The van der Waals surface area contributed by atoms with Gasteiger partial charge in [0, 0.05) is 41.0 Å². The second kappa shape index (κ2) is 5.20. The van der Waals surface area contributed by atoms with E-state index in [0.717, 1.165) is 16.5 Å². The van der Waals surface area contributed by atoms with E-state index < -0.39 is 12.6 Å². The third-order valence-electron chi connectivity index (χ3n) is 3.21. The van der Waals surface area contributed by atoms with Gasteiger partial charge in [-0.15, -0.1) is 0 Å². The van der Waals surface area contributed by atoms with Crippen molar-refractivity contribution in [2.24, 2.45) is 0 Å². The zero-order chi connectivity index (χ0) is 14.9. The first-order valence-corrected chi connectivity index (χ1v) is 6.48. The van der Waals surface area contributed by atoms with Crippen molar-refractivity contribution in [1.29, 1.82) is 0 Å². The van der Waals surface area contributed by atoms with E-state index in [0.29, 0.717) is 11.5 Å². The van der Waals surface area contributed by atoms with E-state index in [4.69, 9.17) is 0 Å². The van der Waals surface area contributed by atoms with Gasteiger partial charge in [0.15, 0.2) is 5.82 Å². The van der Waals surface area contributed by atoms with Crippen LogP contribution in [0.3, 0.4) is 0 Å². The Morgan fingerprint density at radius 2 is 1.90 bits per heavy atom. The first kappa shape index (κ1) is 13.6. The Morgan fingerprint density at radius 3 is 2.71 bits per heavy atom. The van der Waals surface area contributed by atoms with Crippen molar-refractivity contribution < 1.29 is 13.2 Å². The van der Waals surface area contributed by atoms with Gasteiger partial charge in [-0.2, -0.15) is 13.2 Å². The summed E-state index contributed by atoms with van der Waals surface area (Å²) >= 11 is 0. The van der Waals surface area contributed by atoms with Crippen LogP contribution in [0.5, 0.6) is 0 Å². The molecule has 3 aromatic rings. The molecule has 21 heavy (non-hydrogen) atoms. The van der Waals surface area contributed by atoms with Crippen molar-refractivity contribution >= 4 is 10.9 Å². The molecule has 0 bridgehead atoms. The molecule has 0 aliphatic rings. The number of nitrogens with one attached hydrogen (secondary N) is 1. The maximum absolute atomic E-state index is 12.3. The quantitative estimate of drug-likeness (QED) is 0.788. The molecule has 108 valence electrons. The minimum absolute atomic E-state index is 0.138. The molecule has 0 saturated carbocycles. The van der Waals surface area contributed by atoms with E-state index in [1.54, 1.807) is 6.20 Å². The van der Waals surface area contributed by atoms with Crippen molar-refractivity contribution in [3.05, 3.63) is 48.4 Å². The van der Waals surface area contributed by atoms with Crippen LogP contribution in [0.1, 0.15) is 12.1 Å². The Hall–Kier alpha value is -2.37. The summed E-state index contributed by atoms with van der Waals surface area (Å²) in [6, 6.07) is 9.17. The maximum Gasteiger partial charge on any atom is 0.389 e. The molecule has 0 aliphatic heterocycles. The molecule has 0 amide bonds. The van der Waals surface area contributed by atoms with Crippen molar-refractivity contribution in [1.82, 2.24) is 15.0 Å². The molecule has 0 radical (unpaired) electrons. The minimum Gasteiger partial charge on any atom is -0.360 e. The zero-order valence-corrected chi connectivity index (χ0v) is 11.0. The molecule has 0 aliphatic carbocycles. The van der Waals surface area contributed by atoms with Crippen LogP contribution < -0.4 is 0 Å². The predicted octanol–water partition coefficient (Wildman–Crippen LogP) is 4.12. The molecule has 0 saturated heterocycles. The fourth-order valence-corrected chi connectivity index (χ4v) is 2.19. The molecule has 0 unspecified atom stereocenters. The number of aromatic nitrogens is 3. The summed E-state index contributed by atoms with van der Waals surface area (Å²) in [4.78, 5) is 11.5. The van der Waals surface area contributed by atoms with Crippen molar-refractivity contribution in [2.45, 2.75) is 19.0 Å². The molecular formula is C15H12F3N3. The fraction of sp³-hybridized carbons (Fsp3) is 0.200. The Morgan fingerprint density at radius 1 is 1.10 bits per heavy atom. The summed E-state index contributed by atoms with van der Waals surface area (Å²) in [6.45, 7) is 0. The van der Waals surface area contributed by atoms with Crippen LogP contribution in [0.4, 0.5) is 13.2 Å². The van der Waals surface area contributed by atoms with Gasteiger partial charge >= 0.3 is 6.18 Å². The number of rotatable bonds is 3. The SMILES string of the molecule is FC(F)(F)CCc1ccnc(-c2c[nH]c3ccccc23)n1. The lowest BCUT2D eigenvalue weighted by Gasteiger charge is -2.06. The van der Waals surface area contributed by atoms with Crippen LogP contribution in [0, 0.1) is 0 Å². The van der Waals surface area contributed by atoms with E-state index in [-0.39, 0.29) is 6.42 Å². The fourth-order valence-electron chi connectivity index (χ4n) is 2.19. The largest absolute Gasteiger partial charge is 0.389 e. The first-order valence-electron chi connectivity index (χ1n) is 6.48. The number of para-hydroxylation sites is 1. The van der Waals surface area contributed by atoms with Gasteiger partial charge in [-0.25, -0.2) is 9.97 Å².